The van der Waals surface area contributed by atoms with E-state index < -0.39 is 110 Å². The number of carboxylic acid groups (broad SMARTS) is 3. The highest BCUT2D eigenvalue weighted by molar-refractivity contribution is 5.85. The molecule has 21 heteroatoms. The van der Waals surface area contributed by atoms with E-state index in [1.54, 1.807) is 0 Å². The van der Waals surface area contributed by atoms with E-state index >= 15 is 0 Å². The van der Waals surface area contributed by atoms with Gasteiger partial charge in [0.2, 0.25) is 0 Å². The van der Waals surface area contributed by atoms with Gasteiger partial charge in [-0.05, 0) is 13.0 Å². The van der Waals surface area contributed by atoms with E-state index in [4.69, 9.17) is 34.2 Å². The molecule has 3 aliphatic heterocycles. The van der Waals surface area contributed by atoms with Crippen LogP contribution in [0.5, 0.6) is 0 Å². The molecule has 0 radical (unpaired) electrons. The Labute approximate surface area is 242 Å². The Bertz CT molecular complexity index is 930. The normalized spacial score (nSPS) is 44.1. The second kappa shape index (κ2) is 15.2. The summed E-state index contributed by atoms with van der Waals surface area (Å²) in [7, 11) is 0. The highest BCUT2D eigenvalue weighted by Crippen LogP contribution is 2.33. The van der Waals surface area contributed by atoms with Gasteiger partial charge in [0.15, 0.2) is 37.2 Å². The van der Waals surface area contributed by atoms with Crippen LogP contribution in [-0.2, 0) is 42.8 Å². The van der Waals surface area contributed by atoms with Crippen molar-refractivity contribution >= 4 is 30.3 Å². The predicted molar refractivity (Wildman–Crippen MR) is 128 cm³/mol. The first kappa shape index (κ1) is 36.3. The minimum atomic E-state index is -2.28. The Kier molecular flexibility index (Phi) is 13.2. The van der Waals surface area contributed by atoms with E-state index in [9.17, 15) is 65.4 Å². The largest absolute Gasteiger partial charge is 0.479 e. The van der Waals surface area contributed by atoms with Crippen molar-refractivity contribution in [3.63, 3.8) is 0 Å². The molecular formula is C21H34ClNO19. The van der Waals surface area contributed by atoms with Crippen LogP contribution in [0.3, 0.4) is 0 Å². The molecule has 0 aromatic rings. The Hall–Kier alpha value is -1.86. The van der Waals surface area contributed by atoms with Crippen molar-refractivity contribution in [1.29, 1.82) is 0 Å². The molecule has 12 N–H and O–H groups in total. The summed E-state index contributed by atoms with van der Waals surface area (Å²) >= 11 is 0. The number of hydrogen-bond donors (Lipinski definition) is 11. The number of aliphatic carboxylic acids is 3. The molecule has 0 aliphatic carbocycles. The third-order valence-corrected chi connectivity index (χ3v) is 6.60. The van der Waals surface area contributed by atoms with Crippen LogP contribution in [0, 0.1) is 0 Å². The van der Waals surface area contributed by atoms with Crippen LogP contribution in [0.25, 0.3) is 0 Å². The van der Waals surface area contributed by atoms with Crippen molar-refractivity contribution in [2.75, 3.05) is 13.2 Å². The Morgan fingerprint density at radius 3 is 1.38 bits per heavy atom. The van der Waals surface area contributed by atoms with Gasteiger partial charge >= 0.3 is 17.9 Å². The molecule has 244 valence electrons. The lowest BCUT2D eigenvalue weighted by Crippen LogP contribution is -2.67. The summed E-state index contributed by atoms with van der Waals surface area (Å²) in [6, 6.07) is 0. The molecule has 0 amide bonds. The summed E-state index contributed by atoms with van der Waals surface area (Å²) in [6.45, 7) is 0.131. The van der Waals surface area contributed by atoms with Crippen LogP contribution in [-0.4, -0.2) is 174 Å². The molecule has 0 saturated carbocycles. The fourth-order valence-corrected chi connectivity index (χ4v) is 4.38. The van der Waals surface area contributed by atoms with Gasteiger partial charge in [0, 0.05) is 0 Å². The van der Waals surface area contributed by atoms with Crippen molar-refractivity contribution in [2.45, 2.75) is 98.5 Å². The molecular weight excluding hydrogens is 606 g/mol. The maximum Gasteiger partial charge on any atom is 0.335 e. The smallest absolute Gasteiger partial charge is 0.335 e. The SMILES string of the molecule is Cl.NCCCO[C@@H]1O[C@H](C(=O)O)[C@@H](O[C@@H]2O[C@H](C(=O)O)[C@@H](O[C@@H]3O[C@H](C(=O)O)[C@@H](O)[C@H](O)[C@@H]3O)[C@H](O)[C@@H]2O)[C@H](O)[C@@H]1O. The van der Waals surface area contributed by atoms with Gasteiger partial charge in [-0.3, -0.25) is 0 Å². The number of carbonyl (C=O) groups is 3. The molecule has 0 unspecified atom stereocenters. The number of nitrogens with two attached hydrogens (primary N) is 1. The average molecular weight is 640 g/mol. The first-order chi connectivity index (χ1) is 19.2. The van der Waals surface area contributed by atoms with Crippen LogP contribution in [0.2, 0.25) is 0 Å². The van der Waals surface area contributed by atoms with Crippen LogP contribution >= 0.6 is 12.4 Å². The average Bonchev–Trinajstić information content (AvgIpc) is 2.91. The van der Waals surface area contributed by atoms with E-state index in [1.807, 2.05) is 0 Å². The monoisotopic (exact) mass is 639 g/mol. The van der Waals surface area contributed by atoms with Gasteiger partial charge in [-0.25, -0.2) is 14.4 Å². The molecule has 0 spiro atoms. The standard InChI is InChI=1S/C21H33NO19.ClH/c22-2-1-3-36-19-9(28)6(25)11(14(40-19)17(32)33)38-21-10(29)7(26)12(15(41-21)18(34)35)37-20-8(27)4(23)5(24)13(39-20)16(30)31;/h4-15,19-21,23-29H,1-3,22H2,(H,30,31)(H,32,33)(H,34,35);1H/t4-,5-,6+,7+,8-,9-,10-,11-,12-,13-,14-,15-,19+,20+,21+;/m0./s1. The number of ether oxygens (including phenoxy) is 6. The van der Waals surface area contributed by atoms with Gasteiger partial charge < -0.3 is 85.2 Å². The van der Waals surface area contributed by atoms with Crippen molar-refractivity contribution in [3.05, 3.63) is 0 Å². The first-order valence-corrected chi connectivity index (χ1v) is 12.2. The maximum absolute atomic E-state index is 12.0. The summed E-state index contributed by atoms with van der Waals surface area (Å²) in [5, 5.41) is 101. The quantitative estimate of drug-likeness (QED) is 0.0935. The lowest BCUT2D eigenvalue weighted by atomic mass is 9.95. The van der Waals surface area contributed by atoms with Crippen LogP contribution in [0.1, 0.15) is 6.42 Å². The van der Waals surface area contributed by atoms with E-state index in [-0.39, 0.29) is 25.6 Å². The van der Waals surface area contributed by atoms with Crippen molar-refractivity contribution < 1.29 is 93.9 Å². The molecule has 3 fully saturated rings. The van der Waals surface area contributed by atoms with Crippen molar-refractivity contribution in [1.82, 2.24) is 0 Å². The van der Waals surface area contributed by atoms with E-state index in [0.717, 1.165) is 0 Å². The van der Waals surface area contributed by atoms with Gasteiger partial charge in [0.25, 0.3) is 0 Å². The Morgan fingerprint density at radius 1 is 0.571 bits per heavy atom. The second-order valence-electron chi connectivity index (χ2n) is 9.44. The number of aliphatic hydroxyl groups excluding tert-OH is 7. The Morgan fingerprint density at radius 2 is 0.952 bits per heavy atom. The Balaban J connectivity index is 0.00000616. The zero-order valence-corrected chi connectivity index (χ0v) is 22.2. The van der Waals surface area contributed by atoms with Gasteiger partial charge in [-0.2, -0.15) is 0 Å². The van der Waals surface area contributed by atoms with Gasteiger partial charge in [-0.15, -0.1) is 12.4 Å². The molecule has 42 heavy (non-hydrogen) atoms. The van der Waals surface area contributed by atoms with Crippen molar-refractivity contribution in [2.24, 2.45) is 5.73 Å². The summed E-state index contributed by atoms with van der Waals surface area (Å²) in [5.74, 6) is -5.36. The maximum atomic E-state index is 12.0. The lowest BCUT2D eigenvalue weighted by Gasteiger charge is -2.46. The molecule has 15 atom stereocenters. The van der Waals surface area contributed by atoms with E-state index in [2.05, 4.69) is 0 Å². The zero-order valence-electron chi connectivity index (χ0n) is 21.4. The number of hydrogen-bond acceptors (Lipinski definition) is 17. The molecule has 3 aliphatic rings. The van der Waals surface area contributed by atoms with Crippen LogP contribution in [0.4, 0.5) is 0 Å². The number of halogens is 1. The second-order valence-corrected chi connectivity index (χ2v) is 9.44. The predicted octanol–water partition coefficient (Wildman–Crippen LogP) is -6.50. The molecule has 0 aromatic carbocycles. The lowest BCUT2D eigenvalue weighted by molar-refractivity contribution is -0.370. The number of aliphatic hydroxyl groups is 7. The molecule has 3 rings (SSSR count). The molecule has 3 heterocycles. The summed E-state index contributed by atoms with van der Waals surface area (Å²) in [4.78, 5) is 35.1. The zero-order chi connectivity index (χ0) is 30.8. The highest BCUT2D eigenvalue weighted by Gasteiger charge is 2.56. The highest BCUT2D eigenvalue weighted by atomic mass is 35.5. The molecule has 0 bridgehead atoms. The topological polar surface area (TPSA) is 335 Å². The number of rotatable bonds is 11. The summed E-state index contributed by atoms with van der Waals surface area (Å²) < 4.78 is 30.9. The minimum Gasteiger partial charge on any atom is -0.479 e. The van der Waals surface area contributed by atoms with E-state index in [1.165, 1.54) is 0 Å². The molecule has 0 aromatic heterocycles. The third kappa shape index (κ3) is 7.61. The molecule has 20 nitrogen and oxygen atoms in total. The minimum absolute atomic E-state index is 0. The van der Waals surface area contributed by atoms with Gasteiger partial charge in [0.05, 0.1) is 6.61 Å². The number of carboxylic acids is 3. The van der Waals surface area contributed by atoms with Crippen molar-refractivity contribution in [3.8, 4) is 0 Å². The fourth-order valence-electron chi connectivity index (χ4n) is 4.38. The fraction of sp³-hybridized carbons (Fsp3) is 0.857. The van der Waals surface area contributed by atoms with Gasteiger partial charge in [0.1, 0.15) is 54.9 Å². The van der Waals surface area contributed by atoms with Crippen LogP contribution in [0.15, 0.2) is 0 Å². The van der Waals surface area contributed by atoms with Crippen LogP contribution < -0.4 is 5.73 Å². The third-order valence-electron chi connectivity index (χ3n) is 6.60. The first-order valence-electron chi connectivity index (χ1n) is 12.2. The van der Waals surface area contributed by atoms with Gasteiger partial charge in [-0.1, -0.05) is 0 Å². The summed E-state index contributed by atoms with van der Waals surface area (Å²) in [5.41, 5.74) is 5.34. The molecule has 3 saturated heterocycles. The van der Waals surface area contributed by atoms with E-state index in [0.29, 0.717) is 6.42 Å². The summed E-state index contributed by atoms with van der Waals surface area (Å²) in [6.07, 6.45) is -31.1.